The highest BCUT2D eigenvalue weighted by Gasteiger charge is 2.13. The van der Waals surface area contributed by atoms with E-state index in [2.05, 4.69) is 25.8 Å². The Balaban J connectivity index is 1.68. The van der Waals surface area contributed by atoms with Gasteiger partial charge in [0.15, 0.2) is 5.13 Å². The van der Waals surface area contributed by atoms with Crippen LogP contribution in [0.3, 0.4) is 0 Å². The summed E-state index contributed by atoms with van der Waals surface area (Å²) in [5.74, 6) is -0.186. The van der Waals surface area contributed by atoms with Crippen LogP contribution in [0.2, 0.25) is 0 Å². The van der Waals surface area contributed by atoms with E-state index in [1.807, 2.05) is 19.2 Å². The van der Waals surface area contributed by atoms with Gasteiger partial charge < -0.3 is 16.0 Å². The number of carbonyl (C=O) groups excluding carboxylic acids is 2. The number of piperazine rings is 1. The van der Waals surface area contributed by atoms with Gasteiger partial charge in [0.1, 0.15) is 0 Å². The van der Waals surface area contributed by atoms with Crippen molar-refractivity contribution in [3.8, 4) is 0 Å². The fourth-order valence-corrected chi connectivity index (χ4v) is 2.92. The van der Waals surface area contributed by atoms with Crippen LogP contribution in [-0.2, 0) is 16.0 Å². The monoisotopic (exact) mass is 339 g/mol. The predicted molar refractivity (Wildman–Crippen MR) is 91.6 cm³/mol. The summed E-state index contributed by atoms with van der Waals surface area (Å²) in [6, 6.07) is 0. The molecule has 2 amide bonds. The molecular weight excluding hydrogens is 314 g/mol. The molecule has 7 nitrogen and oxygen atoms in total. The summed E-state index contributed by atoms with van der Waals surface area (Å²) < 4.78 is 0. The smallest absolute Gasteiger partial charge is 0.228 e. The third kappa shape index (κ3) is 6.25. The molecule has 128 valence electrons. The van der Waals surface area contributed by atoms with Crippen LogP contribution < -0.4 is 16.0 Å². The van der Waals surface area contributed by atoms with Gasteiger partial charge in [-0.2, -0.15) is 0 Å². The molecule has 0 aliphatic carbocycles. The molecule has 0 saturated carbocycles. The zero-order chi connectivity index (χ0) is 16.7. The Morgan fingerprint density at radius 3 is 2.83 bits per heavy atom. The van der Waals surface area contributed by atoms with Gasteiger partial charge in [-0.3, -0.25) is 14.5 Å². The van der Waals surface area contributed by atoms with Crippen molar-refractivity contribution in [2.24, 2.45) is 5.92 Å². The summed E-state index contributed by atoms with van der Waals surface area (Å²) in [4.78, 5) is 30.1. The molecule has 2 rings (SSSR count). The molecule has 8 heteroatoms. The Morgan fingerprint density at radius 1 is 1.39 bits per heavy atom. The van der Waals surface area contributed by atoms with E-state index in [0.29, 0.717) is 17.4 Å². The van der Waals surface area contributed by atoms with Crippen LogP contribution in [0, 0.1) is 5.92 Å². The van der Waals surface area contributed by atoms with Crippen molar-refractivity contribution in [3.63, 3.8) is 0 Å². The van der Waals surface area contributed by atoms with Crippen LogP contribution in [0.4, 0.5) is 5.13 Å². The minimum absolute atomic E-state index is 0.0350. The molecular formula is C15H25N5O2S. The molecule has 1 aromatic heterocycles. The van der Waals surface area contributed by atoms with E-state index in [-0.39, 0.29) is 24.2 Å². The third-order valence-electron chi connectivity index (χ3n) is 3.61. The SMILES string of the molecule is CC(C)C(=O)Nc1nc(CC(=O)NCCN2CCNCC2)cs1. The highest BCUT2D eigenvalue weighted by Crippen LogP contribution is 2.16. The number of amides is 2. The van der Waals surface area contributed by atoms with Gasteiger partial charge in [-0.05, 0) is 0 Å². The summed E-state index contributed by atoms with van der Waals surface area (Å²) in [6.07, 6.45) is 0.246. The minimum atomic E-state index is -0.0874. The van der Waals surface area contributed by atoms with Crippen molar-refractivity contribution in [2.45, 2.75) is 20.3 Å². The lowest BCUT2D eigenvalue weighted by atomic mass is 10.2. The number of hydrogen-bond acceptors (Lipinski definition) is 6. The number of anilines is 1. The number of nitrogens with zero attached hydrogens (tertiary/aromatic N) is 2. The fraction of sp³-hybridized carbons (Fsp3) is 0.667. The second-order valence-corrected chi connectivity index (χ2v) is 6.76. The molecule has 0 aromatic carbocycles. The Morgan fingerprint density at radius 2 is 2.13 bits per heavy atom. The highest BCUT2D eigenvalue weighted by atomic mass is 32.1. The van der Waals surface area contributed by atoms with Crippen LogP contribution in [-0.4, -0.2) is 61.0 Å². The van der Waals surface area contributed by atoms with Crippen LogP contribution in [0.25, 0.3) is 0 Å². The molecule has 1 aromatic rings. The van der Waals surface area contributed by atoms with Crippen molar-refractivity contribution in [1.29, 1.82) is 0 Å². The van der Waals surface area contributed by atoms with E-state index in [4.69, 9.17) is 0 Å². The first kappa shape index (κ1) is 17.8. The van der Waals surface area contributed by atoms with Crippen LogP contribution >= 0.6 is 11.3 Å². The Kier molecular flexibility index (Phi) is 6.94. The van der Waals surface area contributed by atoms with Gasteiger partial charge in [-0.25, -0.2) is 4.98 Å². The van der Waals surface area contributed by atoms with Gasteiger partial charge in [-0.15, -0.1) is 11.3 Å². The van der Waals surface area contributed by atoms with Gasteiger partial charge in [0.05, 0.1) is 12.1 Å². The van der Waals surface area contributed by atoms with Gasteiger partial charge in [0, 0.05) is 50.6 Å². The molecule has 1 saturated heterocycles. The molecule has 1 fully saturated rings. The molecule has 1 aliphatic heterocycles. The average molecular weight is 339 g/mol. The zero-order valence-corrected chi connectivity index (χ0v) is 14.5. The maximum Gasteiger partial charge on any atom is 0.228 e. The highest BCUT2D eigenvalue weighted by molar-refractivity contribution is 7.13. The van der Waals surface area contributed by atoms with Crippen LogP contribution in [0.5, 0.6) is 0 Å². The Labute approximate surface area is 140 Å². The minimum Gasteiger partial charge on any atom is -0.354 e. The van der Waals surface area contributed by atoms with Gasteiger partial charge in [-0.1, -0.05) is 13.8 Å². The molecule has 0 radical (unpaired) electrons. The molecule has 23 heavy (non-hydrogen) atoms. The quantitative estimate of drug-likeness (QED) is 0.665. The van der Waals surface area contributed by atoms with Crippen molar-refractivity contribution >= 4 is 28.3 Å². The van der Waals surface area contributed by atoms with E-state index >= 15 is 0 Å². The van der Waals surface area contributed by atoms with E-state index < -0.39 is 0 Å². The standard InChI is InChI=1S/C15H25N5O2S/c1-11(2)14(22)19-15-18-12(10-23-15)9-13(21)17-5-8-20-6-3-16-4-7-20/h10-11,16H,3-9H2,1-2H3,(H,17,21)(H,18,19,22). The number of thiazole rings is 1. The summed E-state index contributed by atoms with van der Waals surface area (Å²) in [6.45, 7) is 9.27. The summed E-state index contributed by atoms with van der Waals surface area (Å²) >= 11 is 1.35. The van der Waals surface area contributed by atoms with Gasteiger partial charge >= 0.3 is 0 Å². The lowest BCUT2D eigenvalue weighted by molar-refractivity contribution is -0.120. The Hall–Kier alpha value is -1.51. The first-order valence-corrected chi connectivity index (χ1v) is 8.87. The largest absolute Gasteiger partial charge is 0.354 e. The second-order valence-electron chi connectivity index (χ2n) is 5.91. The van der Waals surface area contributed by atoms with E-state index in [9.17, 15) is 9.59 Å². The average Bonchev–Trinajstić information content (AvgIpc) is 2.95. The maximum absolute atomic E-state index is 11.9. The van der Waals surface area contributed by atoms with E-state index in [1.54, 1.807) is 0 Å². The Bertz CT molecular complexity index is 526. The number of carbonyl (C=O) groups is 2. The van der Waals surface area contributed by atoms with Crippen LogP contribution in [0.1, 0.15) is 19.5 Å². The predicted octanol–water partition coefficient (Wildman–Crippen LogP) is 0.302. The molecule has 3 N–H and O–H groups in total. The maximum atomic E-state index is 11.9. The van der Waals surface area contributed by atoms with Crippen molar-refractivity contribution in [1.82, 2.24) is 20.5 Å². The first-order valence-electron chi connectivity index (χ1n) is 7.99. The number of hydrogen-bond donors (Lipinski definition) is 3. The van der Waals surface area contributed by atoms with Gasteiger partial charge in [0.25, 0.3) is 0 Å². The molecule has 1 aliphatic rings. The van der Waals surface area contributed by atoms with E-state index in [1.165, 1.54) is 11.3 Å². The van der Waals surface area contributed by atoms with E-state index in [0.717, 1.165) is 32.7 Å². The number of nitrogens with one attached hydrogen (secondary N) is 3. The summed E-state index contributed by atoms with van der Waals surface area (Å²) in [5, 5.41) is 11.3. The van der Waals surface area contributed by atoms with Crippen LogP contribution in [0.15, 0.2) is 5.38 Å². The van der Waals surface area contributed by atoms with Crippen molar-refractivity contribution in [3.05, 3.63) is 11.1 Å². The molecule has 0 atom stereocenters. The van der Waals surface area contributed by atoms with Crippen molar-refractivity contribution in [2.75, 3.05) is 44.6 Å². The molecule has 2 heterocycles. The molecule has 0 unspecified atom stereocenters. The molecule has 0 bridgehead atoms. The van der Waals surface area contributed by atoms with Gasteiger partial charge in [0.2, 0.25) is 11.8 Å². The number of rotatable bonds is 7. The topological polar surface area (TPSA) is 86.4 Å². The second kappa shape index (κ2) is 8.95. The van der Waals surface area contributed by atoms with Crippen molar-refractivity contribution < 1.29 is 9.59 Å². The normalized spacial score (nSPS) is 15.6. The summed E-state index contributed by atoms with van der Waals surface area (Å²) in [5.41, 5.74) is 0.689. The first-order chi connectivity index (χ1) is 11.0. The third-order valence-corrected chi connectivity index (χ3v) is 4.41. The lowest BCUT2D eigenvalue weighted by Gasteiger charge is -2.27. The fourth-order valence-electron chi connectivity index (χ4n) is 2.21. The molecule has 0 spiro atoms. The lowest BCUT2D eigenvalue weighted by Crippen LogP contribution is -2.46. The number of aromatic nitrogens is 1. The zero-order valence-electron chi connectivity index (χ0n) is 13.7. The summed E-state index contributed by atoms with van der Waals surface area (Å²) in [7, 11) is 0.